The normalized spacial score (nSPS) is 25.7. The molecule has 1 aliphatic rings. The minimum atomic E-state index is -0.477. The maximum Gasteiger partial charge on any atom is 0.176 e. The Bertz CT molecular complexity index is 707. The number of ether oxygens (including phenoxy) is 1. The molecule has 1 aliphatic carbocycles. The molecule has 3 unspecified atom stereocenters. The summed E-state index contributed by atoms with van der Waals surface area (Å²) < 4.78 is 7.13. The summed E-state index contributed by atoms with van der Waals surface area (Å²) in [5.41, 5.74) is 0.804. The van der Waals surface area contributed by atoms with Gasteiger partial charge in [0.1, 0.15) is 12.9 Å². The Kier molecular flexibility index (Phi) is 6.56. The Morgan fingerprint density at radius 1 is 1.35 bits per heavy atom. The van der Waals surface area contributed by atoms with Crippen molar-refractivity contribution in [3.63, 3.8) is 0 Å². The van der Waals surface area contributed by atoms with E-state index >= 15 is 0 Å². The third-order valence-electron chi connectivity index (χ3n) is 5.26. The van der Waals surface area contributed by atoms with Crippen LogP contribution in [0.15, 0.2) is 30.6 Å². The summed E-state index contributed by atoms with van der Waals surface area (Å²) in [7, 11) is 0. The second-order valence-electron chi connectivity index (χ2n) is 7.07. The SMILES string of the molecule is CCOCc1ncn(CC2(CCl)CCC(Cc3ccc(Cl)cc3)C2O)n1. The van der Waals surface area contributed by atoms with Crippen molar-refractivity contribution in [2.45, 2.75) is 45.4 Å². The fourth-order valence-electron chi connectivity index (χ4n) is 3.77. The predicted octanol–water partition coefficient (Wildman–Crippen LogP) is 3.71. The molecule has 5 nitrogen and oxygen atoms in total. The lowest BCUT2D eigenvalue weighted by Gasteiger charge is -2.32. The van der Waals surface area contributed by atoms with Crippen molar-refractivity contribution < 1.29 is 9.84 Å². The van der Waals surface area contributed by atoms with Gasteiger partial charge in [0.25, 0.3) is 0 Å². The van der Waals surface area contributed by atoms with Gasteiger partial charge < -0.3 is 9.84 Å². The minimum absolute atomic E-state index is 0.182. The summed E-state index contributed by atoms with van der Waals surface area (Å²) in [5.74, 6) is 1.23. The smallest absolute Gasteiger partial charge is 0.176 e. The van der Waals surface area contributed by atoms with E-state index < -0.39 is 6.10 Å². The van der Waals surface area contributed by atoms with Gasteiger partial charge in [0.2, 0.25) is 0 Å². The largest absolute Gasteiger partial charge is 0.392 e. The van der Waals surface area contributed by atoms with E-state index in [4.69, 9.17) is 27.9 Å². The van der Waals surface area contributed by atoms with Crippen molar-refractivity contribution in [1.82, 2.24) is 14.8 Å². The first-order valence-corrected chi connectivity index (χ1v) is 9.92. The zero-order valence-corrected chi connectivity index (χ0v) is 16.5. The Balaban J connectivity index is 1.67. The third-order valence-corrected chi connectivity index (χ3v) is 6.04. The highest BCUT2D eigenvalue weighted by Crippen LogP contribution is 2.45. The second-order valence-corrected chi connectivity index (χ2v) is 7.77. The Hall–Kier alpha value is -1.14. The number of alkyl halides is 1. The number of aromatic nitrogens is 3. The number of rotatable bonds is 8. The van der Waals surface area contributed by atoms with Gasteiger partial charge in [-0.3, -0.25) is 4.68 Å². The van der Waals surface area contributed by atoms with Gasteiger partial charge in [-0.25, -0.2) is 4.98 Å². The van der Waals surface area contributed by atoms with Gasteiger partial charge in [-0.15, -0.1) is 11.6 Å². The van der Waals surface area contributed by atoms with Crippen LogP contribution in [0.5, 0.6) is 0 Å². The maximum atomic E-state index is 11.0. The highest BCUT2D eigenvalue weighted by Gasteiger charge is 2.47. The summed E-state index contributed by atoms with van der Waals surface area (Å²) in [6.07, 6.45) is 3.86. The number of halogens is 2. The summed E-state index contributed by atoms with van der Waals surface area (Å²) in [6, 6.07) is 7.82. The number of aliphatic hydroxyl groups excluding tert-OH is 1. The number of nitrogens with zero attached hydrogens (tertiary/aromatic N) is 3. The van der Waals surface area contributed by atoms with Crippen LogP contribution in [0.3, 0.4) is 0 Å². The molecule has 0 saturated heterocycles. The van der Waals surface area contributed by atoms with E-state index in [1.807, 2.05) is 31.2 Å². The predicted molar refractivity (Wildman–Crippen MR) is 102 cm³/mol. The lowest BCUT2D eigenvalue weighted by atomic mass is 9.83. The first kappa shape index (κ1) is 19.6. The first-order valence-electron chi connectivity index (χ1n) is 9.01. The molecule has 26 heavy (non-hydrogen) atoms. The summed E-state index contributed by atoms with van der Waals surface area (Å²) in [6.45, 7) is 3.54. The lowest BCUT2D eigenvalue weighted by molar-refractivity contribution is 0.0240. The number of aliphatic hydroxyl groups is 1. The molecule has 1 saturated carbocycles. The molecule has 1 N–H and O–H groups in total. The van der Waals surface area contributed by atoms with Gasteiger partial charge in [-0.05, 0) is 49.8 Å². The molecule has 0 aliphatic heterocycles. The van der Waals surface area contributed by atoms with Crippen molar-refractivity contribution in [2.24, 2.45) is 11.3 Å². The van der Waals surface area contributed by atoms with Crippen LogP contribution in [0.2, 0.25) is 5.02 Å². The molecule has 3 atom stereocenters. The van der Waals surface area contributed by atoms with Crippen molar-refractivity contribution in [1.29, 1.82) is 0 Å². The summed E-state index contributed by atoms with van der Waals surface area (Å²) in [4.78, 5) is 4.27. The molecule has 3 rings (SSSR count). The maximum absolute atomic E-state index is 11.0. The summed E-state index contributed by atoms with van der Waals surface area (Å²) >= 11 is 12.3. The van der Waals surface area contributed by atoms with Crippen molar-refractivity contribution in [3.8, 4) is 0 Å². The number of hydrogen-bond acceptors (Lipinski definition) is 4. The van der Waals surface area contributed by atoms with Gasteiger partial charge in [-0.2, -0.15) is 5.10 Å². The molecule has 1 aromatic carbocycles. The van der Waals surface area contributed by atoms with Gasteiger partial charge in [-0.1, -0.05) is 23.7 Å². The van der Waals surface area contributed by atoms with Crippen molar-refractivity contribution >= 4 is 23.2 Å². The van der Waals surface area contributed by atoms with E-state index in [1.54, 1.807) is 11.0 Å². The third kappa shape index (κ3) is 4.39. The molecule has 0 amide bonds. The highest BCUT2D eigenvalue weighted by atomic mass is 35.5. The zero-order valence-electron chi connectivity index (χ0n) is 14.9. The van der Waals surface area contributed by atoms with Crippen LogP contribution in [-0.2, 0) is 24.3 Å². The molecule has 0 bridgehead atoms. The average molecular weight is 398 g/mol. The monoisotopic (exact) mass is 397 g/mol. The van der Waals surface area contributed by atoms with Crippen molar-refractivity contribution in [3.05, 3.63) is 47.0 Å². The minimum Gasteiger partial charge on any atom is -0.392 e. The molecule has 2 aromatic rings. The molecule has 142 valence electrons. The molecule has 0 spiro atoms. The standard InChI is InChI=1S/C19H25Cl2N3O2/c1-2-26-10-17-22-13-24(23-17)12-19(11-20)8-7-15(18(19)25)9-14-3-5-16(21)6-4-14/h3-6,13,15,18,25H,2,7-12H2,1H3. The zero-order chi connectivity index (χ0) is 18.6. The van der Waals surface area contributed by atoms with Gasteiger partial charge in [0, 0.05) is 22.9 Å². The highest BCUT2D eigenvalue weighted by molar-refractivity contribution is 6.30. The number of benzene rings is 1. The first-order chi connectivity index (χ1) is 12.6. The Morgan fingerprint density at radius 2 is 2.12 bits per heavy atom. The van der Waals surface area contributed by atoms with Crippen LogP contribution in [0, 0.1) is 11.3 Å². The van der Waals surface area contributed by atoms with Crippen LogP contribution in [0.1, 0.15) is 31.2 Å². The van der Waals surface area contributed by atoms with Crippen LogP contribution in [0.4, 0.5) is 0 Å². The van der Waals surface area contributed by atoms with E-state index in [1.165, 1.54) is 5.56 Å². The van der Waals surface area contributed by atoms with E-state index in [-0.39, 0.29) is 11.3 Å². The average Bonchev–Trinajstić information content (AvgIpc) is 3.22. The van der Waals surface area contributed by atoms with Gasteiger partial charge >= 0.3 is 0 Å². The molecule has 1 aromatic heterocycles. The van der Waals surface area contributed by atoms with E-state index in [0.717, 1.165) is 24.3 Å². The fourth-order valence-corrected chi connectivity index (χ4v) is 4.27. The Labute approximate surface area is 164 Å². The lowest BCUT2D eigenvalue weighted by Crippen LogP contribution is -2.39. The van der Waals surface area contributed by atoms with Gasteiger partial charge in [0.05, 0.1) is 12.6 Å². The number of hydrogen-bond donors (Lipinski definition) is 1. The van der Waals surface area contributed by atoms with Crippen LogP contribution < -0.4 is 0 Å². The fraction of sp³-hybridized carbons (Fsp3) is 0.579. The topological polar surface area (TPSA) is 60.2 Å². The molecule has 7 heteroatoms. The van der Waals surface area contributed by atoms with Crippen LogP contribution in [-0.4, -0.2) is 38.5 Å². The molecule has 1 fully saturated rings. The van der Waals surface area contributed by atoms with E-state index in [9.17, 15) is 5.11 Å². The second kappa shape index (κ2) is 8.70. The van der Waals surface area contributed by atoms with E-state index in [0.29, 0.717) is 31.5 Å². The summed E-state index contributed by atoms with van der Waals surface area (Å²) in [5, 5.41) is 16.2. The molecule has 0 radical (unpaired) electrons. The molecular weight excluding hydrogens is 373 g/mol. The van der Waals surface area contributed by atoms with E-state index in [2.05, 4.69) is 10.1 Å². The van der Waals surface area contributed by atoms with Crippen molar-refractivity contribution in [2.75, 3.05) is 12.5 Å². The van der Waals surface area contributed by atoms with Crippen LogP contribution >= 0.6 is 23.2 Å². The van der Waals surface area contributed by atoms with Gasteiger partial charge in [0.15, 0.2) is 5.82 Å². The quantitative estimate of drug-likeness (QED) is 0.689. The molecule has 1 heterocycles. The molecular formula is C19H25Cl2N3O2. The van der Waals surface area contributed by atoms with Crippen LogP contribution in [0.25, 0.3) is 0 Å². The Morgan fingerprint density at radius 3 is 2.81 bits per heavy atom.